The number of nitrogens with zero attached hydrogens (tertiary/aromatic N) is 4. The van der Waals surface area contributed by atoms with E-state index in [2.05, 4.69) is 30.7 Å². The van der Waals surface area contributed by atoms with E-state index in [1.807, 2.05) is 19.2 Å². The summed E-state index contributed by atoms with van der Waals surface area (Å²) < 4.78 is 8.47. The number of hydrogen-bond donors (Lipinski definition) is 2. The fourth-order valence-electron chi connectivity index (χ4n) is 2.39. The van der Waals surface area contributed by atoms with Gasteiger partial charge >= 0.3 is 0 Å². The number of anilines is 1. The van der Waals surface area contributed by atoms with E-state index in [-0.39, 0.29) is 0 Å². The number of ether oxygens (including phenoxy) is 1. The molecule has 0 aliphatic rings. The van der Waals surface area contributed by atoms with Crippen LogP contribution < -0.4 is 9.46 Å². The molecule has 2 N–H and O–H groups in total. The minimum atomic E-state index is 0.396. The fraction of sp³-hybridized carbons (Fsp3) is 0.250. The normalized spacial score (nSPS) is 10.6. The molecule has 0 saturated heterocycles. The second-order valence-electron chi connectivity index (χ2n) is 5.17. The Morgan fingerprint density at radius 3 is 2.96 bits per heavy atom. The lowest BCUT2D eigenvalue weighted by atomic mass is 10.1. The number of aryl methyl sites for hydroxylation is 1. The highest BCUT2D eigenvalue weighted by Gasteiger charge is 2.13. The molecule has 3 rings (SSSR count). The van der Waals surface area contributed by atoms with Gasteiger partial charge in [0.15, 0.2) is 0 Å². The van der Waals surface area contributed by atoms with Gasteiger partial charge in [0.05, 0.1) is 18.1 Å². The van der Waals surface area contributed by atoms with Gasteiger partial charge in [-0.1, -0.05) is 11.6 Å². The first-order valence-corrected chi connectivity index (χ1v) is 8.66. The molecule has 3 aromatic heterocycles. The minimum absolute atomic E-state index is 0.396. The van der Waals surface area contributed by atoms with Crippen molar-refractivity contribution in [3.05, 3.63) is 34.7 Å². The van der Waals surface area contributed by atoms with Crippen LogP contribution in [0.2, 0.25) is 5.15 Å². The van der Waals surface area contributed by atoms with E-state index in [4.69, 9.17) is 21.6 Å². The first kappa shape index (κ1) is 17.3. The summed E-state index contributed by atoms with van der Waals surface area (Å²) >= 11 is 7.27. The molecule has 0 bridgehead atoms. The fourth-order valence-corrected chi connectivity index (χ4v) is 3.23. The first-order chi connectivity index (χ1) is 12.1. The third-order valence-electron chi connectivity index (χ3n) is 3.58. The molecule has 7 nitrogen and oxygen atoms in total. The number of nitrogens with one attached hydrogen (secondary N) is 2. The molecule has 0 aliphatic heterocycles. The van der Waals surface area contributed by atoms with Gasteiger partial charge in [-0.15, -0.1) is 0 Å². The Labute approximate surface area is 153 Å². The number of fused-ring (bicyclic) bond motifs is 1. The van der Waals surface area contributed by atoms with Crippen LogP contribution in [0.3, 0.4) is 0 Å². The van der Waals surface area contributed by atoms with Crippen LogP contribution in [-0.4, -0.2) is 27.0 Å². The third kappa shape index (κ3) is 3.78. The highest BCUT2D eigenvalue weighted by molar-refractivity contribution is 8.00. The lowest BCUT2D eigenvalue weighted by Gasteiger charge is -2.11. The van der Waals surface area contributed by atoms with Crippen molar-refractivity contribution in [2.75, 3.05) is 11.8 Å². The number of methoxy groups -OCH3 is 1. The Balaban J connectivity index is 1.80. The molecule has 3 aromatic rings. The molecule has 128 valence electrons. The largest absolute Gasteiger partial charge is 0.481 e. The van der Waals surface area contributed by atoms with Crippen molar-refractivity contribution in [3.63, 3.8) is 0 Å². The number of H-pyrrole nitrogens is 1. The summed E-state index contributed by atoms with van der Waals surface area (Å²) in [5, 5.41) is 10.2. The predicted molar refractivity (Wildman–Crippen MR) is 97.8 cm³/mol. The summed E-state index contributed by atoms with van der Waals surface area (Å²) in [4.78, 5) is 17.1. The van der Waals surface area contributed by atoms with Gasteiger partial charge in [0.2, 0.25) is 11.8 Å². The molecule has 0 amide bonds. The zero-order valence-corrected chi connectivity index (χ0v) is 15.2. The number of hydrogen-bond acceptors (Lipinski definition) is 7. The van der Waals surface area contributed by atoms with Gasteiger partial charge in [0.25, 0.3) is 0 Å². The summed E-state index contributed by atoms with van der Waals surface area (Å²) in [5.74, 6) is 0.926. The summed E-state index contributed by atoms with van der Waals surface area (Å²) in [6.07, 6.45) is 2.80. The average molecular weight is 375 g/mol. The maximum Gasteiger partial charge on any atom is 0.236 e. The summed E-state index contributed by atoms with van der Waals surface area (Å²) in [5.41, 5.74) is 2.36. The summed E-state index contributed by atoms with van der Waals surface area (Å²) in [6.45, 7) is 1.88. The zero-order chi connectivity index (χ0) is 17.8. The van der Waals surface area contributed by atoms with E-state index in [0.29, 0.717) is 29.8 Å². The lowest BCUT2D eigenvalue weighted by Crippen LogP contribution is -2.04. The predicted octanol–water partition coefficient (Wildman–Crippen LogP) is 3.90. The van der Waals surface area contributed by atoms with Gasteiger partial charge in [0.1, 0.15) is 10.8 Å². The van der Waals surface area contributed by atoms with Gasteiger partial charge in [-0.25, -0.2) is 9.97 Å². The number of nitriles is 1. The van der Waals surface area contributed by atoms with Crippen molar-refractivity contribution in [3.8, 4) is 11.9 Å². The van der Waals surface area contributed by atoms with Gasteiger partial charge in [-0.3, -0.25) is 4.72 Å². The van der Waals surface area contributed by atoms with Crippen molar-refractivity contribution >= 4 is 40.5 Å². The molecule has 0 aliphatic carbocycles. The molecule has 3 heterocycles. The van der Waals surface area contributed by atoms with Gasteiger partial charge in [0, 0.05) is 29.3 Å². The number of halogens is 1. The molecular weight excluding hydrogens is 360 g/mol. The molecular formula is C16H15ClN6OS. The number of rotatable bonds is 6. The monoisotopic (exact) mass is 374 g/mol. The van der Waals surface area contributed by atoms with Gasteiger partial charge < -0.3 is 9.72 Å². The number of aromatic amines is 1. The Hall–Kier alpha value is -2.50. The van der Waals surface area contributed by atoms with Gasteiger partial charge in [-0.05, 0) is 37.4 Å². The highest BCUT2D eigenvalue weighted by Crippen LogP contribution is 2.29. The molecule has 0 spiro atoms. The Morgan fingerprint density at radius 2 is 2.20 bits per heavy atom. The number of aromatic nitrogens is 4. The second kappa shape index (κ2) is 7.59. The minimum Gasteiger partial charge on any atom is -0.481 e. The van der Waals surface area contributed by atoms with Crippen molar-refractivity contribution in [1.29, 1.82) is 5.26 Å². The molecule has 0 saturated carbocycles. The smallest absolute Gasteiger partial charge is 0.236 e. The maximum absolute atomic E-state index is 8.77. The van der Waals surface area contributed by atoms with Crippen molar-refractivity contribution in [2.24, 2.45) is 0 Å². The van der Waals surface area contributed by atoms with Crippen LogP contribution in [0.25, 0.3) is 11.0 Å². The van der Waals surface area contributed by atoms with Gasteiger partial charge in [-0.2, -0.15) is 10.2 Å². The van der Waals surface area contributed by atoms with Crippen LogP contribution in [0.15, 0.2) is 23.2 Å². The molecule has 0 radical (unpaired) electrons. The van der Waals surface area contributed by atoms with E-state index in [9.17, 15) is 0 Å². The van der Waals surface area contributed by atoms with E-state index in [1.54, 1.807) is 13.2 Å². The van der Waals surface area contributed by atoms with Crippen molar-refractivity contribution < 1.29 is 4.74 Å². The zero-order valence-electron chi connectivity index (χ0n) is 13.6. The van der Waals surface area contributed by atoms with Crippen LogP contribution in [0, 0.1) is 18.3 Å². The summed E-state index contributed by atoms with van der Waals surface area (Å²) in [6, 6.07) is 5.78. The lowest BCUT2D eigenvalue weighted by molar-refractivity contribution is 0.391. The quantitative estimate of drug-likeness (QED) is 0.498. The Kier molecular flexibility index (Phi) is 5.26. The van der Waals surface area contributed by atoms with Crippen LogP contribution in [-0.2, 0) is 6.42 Å². The van der Waals surface area contributed by atoms with E-state index in [1.165, 1.54) is 11.9 Å². The van der Waals surface area contributed by atoms with E-state index >= 15 is 0 Å². The third-order valence-corrected chi connectivity index (χ3v) is 4.63. The van der Waals surface area contributed by atoms with Crippen molar-refractivity contribution in [1.82, 2.24) is 19.9 Å². The standard InChI is InChI=1S/C16H15ClN6OS/c1-9-10(4-3-7-18)15(24-2)22-16(20-9)23-25-12-8-19-14-11(12)5-6-13(17)21-14/h5-6,8H,3-4H2,1-2H3,(H,19,21)(H,20,22,23). The second-order valence-corrected chi connectivity index (χ2v) is 6.40. The van der Waals surface area contributed by atoms with Crippen molar-refractivity contribution in [2.45, 2.75) is 24.7 Å². The van der Waals surface area contributed by atoms with Crippen LogP contribution in [0.5, 0.6) is 5.88 Å². The van der Waals surface area contributed by atoms with E-state index < -0.39 is 0 Å². The molecule has 9 heteroatoms. The molecule has 0 unspecified atom stereocenters. The highest BCUT2D eigenvalue weighted by atomic mass is 35.5. The molecule has 0 atom stereocenters. The molecule has 0 aromatic carbocycles. The Bertz CT molecular complexity index is 952. The van der Waals surface area contributed by atoms with Crippen LogP contribution in [0.1, 0.15) is 17.7 Å². The van der Waals surface area contributed by atoms with Crippen LogP contribution in [0.4, 0.5) is 5.95 Å². The average Bonchev–Trinajstić information content (AvgIpc) is 3.00. The summed E-state index contributed by atoms with van der Waals surface area (Å²) in [7, 11) is 1.56. The van der Waals surface area contributed by atoms with E-state index in [0.717, 1.165) is 27.2 Å². The SMILES string of the molecule is COc1nc(NSc2c[nH]c3nc(Cl)ccc23)nc(C)c1CCC#N. The first-order valence-electron chi connectivity index (χ1n) is 7.47. The maximum atomic E-state index is 8.77. The number of pyridine rings is 1. The molecule has 25 heavy (non-hydrogen) atoms. The topological polar surface area (TPSA) is 99.5 Å². The molecule has 0 fully saturated rings. The Morgan fingerprint density at radius 1 is 1.36 bits per heavy atom. The van der Waals surface area contributed by atoms with Crippen LogP contribution >= 0.6 is 23.5 Å².